The Balaban J connectivity index is 1.35. The molecule has 0 saturated carbocycles. The van der Waals surface area contributed by atoms with Gasteiger partial charge >= 0.3 is 0 Å². The van der Waals surface area contributed by atoms with E-state index in [1.165, 1.54) is 11.8 Å². The van der Waals surface area contributed by atoms with Crippen LogP contribution >= 0.6 is 11.8 Å². The Morgan fingerprint density at radius 3 is 2.69 bits per heavy atom. The first-order valence-corrected chi connectivity index (χ1v) is 12.2. The van der Waals surface area contributed by atoms with Gasteiger partial charge in [-0.05, 0) is 30.7 Å². The Kier molecular flexibility index (Phi) is 5.46. The fourth-order valence-corrected chi connectivity index (χ4v) is 4.93. The van der Waals surface area contributed by atoms with Crippen molar-refractivity contribution in [1.82, 2.24) is 19.6 Å². The van der Waals surface area contributed by atoms with Crippen LogP contribution in [0, 0.1) is 0 Å². The number of aromatic nitrogens is 4. The summed E-state index contributed by atoms with van der Waals surface area (Å²) in [5.74, 6) is 1.79. The zero-order chi connectivity index (χ0) is 23.8. The van der Waals surface area contributed by atoms with E-state index < -0.39 is 0 Å². The molecular formula is C26H21N5O3S. The lowest BCUT2D eigenvalue weighted by Gasteiger charge is -2.15. The summed E-state index contributed by atoms with van der Waals surface area (Å²) in [6, 6.07) is 23.0. The highest BCUT2D eigenvalue weighted by atomic mass is 32.2. The summed E-state index contributed by atoms with van der Waals surface area (Å²) in [6.45, 7) is 2.17. The molecule has 35 heavy (non-hydrogen) atoms. The lowest BCUT2D eigenvalue weighted by molar-refractivity contribution is -0.115. The molecule has 2 aromatic heterocycles. The first kappa shape index (κ1) is 21.4. The van der Waals surface area contributed by atoms with E-state index in [4.69, 9.17) is 24.5 Å². The standard InChI is InChI=1S/C26H21N5O3S/c1-2-22(25(32)27-17-12-13-20-21(14-17)34-15-33-20)35-26-28-19-11-7-6-10-18(19)24-29-23(30-31(24)26)16-8-4-3-5-9-16/h3-14,22H,2,15H2,1H3,(H,27,32)/t22-/m1/s1. The molecule has 1 aliphatic rings. The average molecular weight is 484 g/mol. The molecule has 3 aromatic carbocycles. The molecule has 1 N–H and O–H groups in total. The number of hydrogen-bond acceptors (Lipinski definition) is 7. The molecule has 0 radical (unpaired) electrons. The molecule has 1 amide bonds. The molecule has 3 heterocycles. The summed E-state index contributed by atoms with van der Waals surface area (Å²) in [5.41, 5.74) is 3.09. The zero-order valence-electron chi connectivity index (χ0n) is 18.8. The summed E-state index contributed by atoms with van der Waals surface area (Å²) >= 11 is 1.38. The van der Waals surface area contributed by atoms with Crippen molar-refractivity contribution >= 4 is 39.9 Å². The Labute approximate surface area is 205 Å². The molecule has 1 atom stereocenters. The van der Waals surface area contributed by atoms with Gasteiger partial charge in [0.2, 0.25) is 12.7 Å². The van der Waals surface area contributed by atoms with Crippen LogP contribution in [0.4, 0.5) is 5.69 Å². The Bertz CT molecular complexity index is 1550. The third kappa shape index (κ3) is 4.04. The highest BCUT2D eigenvalue weighted by molar-refractivity contribution is 8.00. The number of rotatable bonds is 6. The van der Waals surface area contributed by atoms with Gasteiger partial charge in [0, 0.05) is 22.7 Å². The van der Waals surface area contributed by atoms with Crippen LogP contribution in [0.5, 0.6) is 11.5 Å². The normalized spacial score (nSPS) is 13.3. The third-order valence-electron chi connectivity index (χ3n) is 5.73. The van der Waals surface area contributed by atoms with Crippen LogP contribution in [0.25, 0.3) is 27.9 Å². The average Bonchev–Trinajstić information content (AvgIpc) is 3.55. The van der Waals surface area contributed by atoms with E-state index in [0.717, 1.165) is 16.5 Å². The van der Waals surface area contributed by atoms with E-state index in [0.29, 0.717) is 40.2 Å². The van der Waals surface area contributed by atoms with Gasteiger partial charge < -0.3 is 14.8 Å². The molecule has 0 saturated heterocycles. The zero-order valence-corrected chi connectivity index (χ0v) is 19.7. The molecule has 0 unspecified atom stereocenters. The van der Waals surface area contributed by atoms with Crippen LogP contribution in [0.15, 0.2) is 78.0 Å². The van der Waals surface area contributed by atoms with Gasteiger partial charge in [0.05, 0.1) is 10.8 Å². The maximum Gasteiger partial charge on any atom is 0.237 e. The van der Waals surface area contributed by atoms with Gasteiger partial charge in [0.1, 0.15) is 0 Å². The number of para-hydroxylation sites is 1. The number of ether oxygens (including phenoxy) is 2. The van der Waals surface area contributed by atoms with E-state index in [1.54, 1.807) is 22.7 Å². The van der Waals surface area contributed by atoms with E-state index >= 15 is 0 Å². The van der Waals surface area contributed by atoms with Crippen LogP contribution in [0.2, 0.25) is 0 Å². The van der Waals surface area contributed by atoms with Crippen LogP contribution in [-0.2, 0) is 4.79 Å². The van der Waals surface area contributed by atoms with E-state index in [1.807, 2.05) is 61.5 Å². The molecular weight excluding hydrogens is 462 g/mol. The molecule has 0 bridgehead atoms. The number of amides is 1. The molecule has 9 heteroatoms. The second-order valence-electron chi connectivity index (χ2n) is 8.02. The number of hydrogen-bond donors (Lipinski definition) is 1. The molecule has 6 rings (SSSR count). The fourth-order valence-electron chi connectivity index (χ4n) is 3.96. The van der Waals surface area contributed by atoms with Crippen molar-refractivity contribution in [3.8, 4) is 22.9 Å². The number of benzene rings is 3. The molecule has 1 aliphatic heterocycles. The van der Waals surface area contributed by atoms with Gasteiger partial charge in [0.25, 0.3) is 0 Å². The molecule has 0 fully saturated rings. The Morgan fingerprint density at radius 2 is 1.83 bits per heavy atom. The van der Waals surface area contributed by atoms with E-state index in [9.17, 15) is 4.79 Å². The van der Waals surface area contributed by atoms with Crippen molar-refractivity contribution < 1.29 is 14.3 Å². The van der Waals surface area contributed by atoms with Crippen molar-refractivity contribution in [1.29, 1.82) is 0 Å². The number of fused-ring (bicyclic) bond motifs is 4. The summed E-state index contributed by atoms with van der Waals surface area (Å²) in [5, 5.41) is 8.89. The van der Waals surface area contributed by atoms with Crippen molar-refractivity contribution in [2.24, 2.45) is 0 Å². The Hall–Kier alpha value is -4.11. The minimum Gasteiger partial charge on any atom is -0.454 e. The minimum absolute atomic E-state index is 0.122. The smallest absolute Gasteiger partial charge is 0.237 e. The summed E-state index contributed by atoms with van der Waals surface area (Å²) in [4.78, 5) is 22.9. The second kappa shape index (κ2) is 8.92. The van der Waals surface area contributed by atoms with Gasteiger partial charge in [-0.15, -0.1) is 5.10 Å². The number of anilines is 1. The van der Waals surface area contributed by atoms with Crippen molar-refractivity contribution in [3.63, 3.8) is 0 Å². The molecule has 8 nitrogen and oxygen atoms in total. The van der Waals surface area contributed by atoms with E-state index in [2.05, 4.69) is 5.32 Å². The monoisotopic (exact) mass is 483 g/mol. The van der Waals surface area contributed by atoms with Crippen LogP contribution < -0.4 is 14.8 Å². The molecule has 0 aliphatic carbocycles. The third-order valence-corrected chi connectivity index (χ3v) is 7.04. The highest BCUT2D eigenvalue weighted by Gasteiger charge is 2.23. The summed E-state index contributed by atoms with van der Waals surface area (Å²) in [6.07, 6.45) is 0.608. The van der Waals surface area contributed by atoms with Crippen molar-refractivity contribution in [3.05, 3.63) is 72.8 Å². The number of carbonyl (C=O) groups is 1. The number of nitrogens with one attached hydrogen (secondary N) is 1. The lowest BCUT2D eigenvalue weighted by atomic mass is 10.2. The number of carbonyl (C=O) groups excluding carboxylic acids is 1. The molecule has 0 spiro atoms. The maximum atomic E-state index is 13.2. The van der Waals surface area contributed by atoms with E-state index in [-0.39, 0.29) is 18.0 Å². The highest BCUT2D eigenvalue weighted by Crippen LogP contribution is 2.35. The first-order valence-electron chi connectivity index (χ1n) is 11.3. The maximum absolute atomic E-state index is 13.2. The lowest BCUT2D eigenvalue weighted by Crippen LogP contribution is -2.25. The summed E-state index contributed by atoms with van der Waals surface area (Å²) < 4.78 is 12.5. The largest absolute Gasteiger partial charge is 0.454 e. The van der Waals surface area contributed by atoms with Gasteiger partial charge in [0.15, 0.2) is 28.1 Å². The number of nitrogens with zero attached hydrogens (tertiary/aromatic N) is 4. The molecule has 5 aromatic rings. The topological polar surface area (TPSA) is 90.6 Å². The van der Waals surface area contributed by atoms with Crippen LogP contribution in [0.3, 0.4) is 0 Å². The molecule has 174 valence electrons. The predicted octanol–water partition coefficient (Wildman–Crippen LogP) is 5.18. The van der Waals surface area contributed by atoms with Gasteiger partial charge in [-0.3, -0.25) is 4.79 Å². The SMILES string of the molecule is CC[C@@H](Sc1nc2ccccc2c2nc(-c3ccccc3)nn12)C(=O)Nc1ccc2c(c1)OCO2. The predicted molar refractivity (Wildman–Crippen MR) is 135 cm³/mol. The quantitative estimate of drug-likeness (QED) is 0.263. The number of thioether (sulfide) groups is 1. The van der Waals surface area contributed by atoms with Crippen molar-refractivity contribution in [2.45, 2.75) is 23.8 Å². The van der Waals surface area contributed by atoms with Crippen LogP contribution in [0.1, 0.15) is 13.3 Å². The van der Waals surface area contributed by atoms with Gasteiger partial charge in [-0.1, -0.05) is 61.2 Å². The summed E-state index contributed by atoms with van der Waals surface area (Å²) in [7, 11) is 0. The van der Waals surface area contributed by atoms with Crippen LogP contribution in [-0.4, -0.2) is 37.5 Å². The fraction of sp³-hybridized carbons (Fsp3) is 0.154. The second-order valence-corrected chi connectivity index (χ2v) is 9.19. The van der Waals surface area contributed by atoms with Gasteiger partial charge in [-0.25, -0.2) is 9.97 Å². The van der Waals surface area contributed by atoms with Gasteiger partial charge in [-0.2, -0.15) is 4.52 Å². The minimum atomic E-state index is -0.387. The Morgan fingerprint density at radius 1 is 1.03 bits per heavy atom. The van der Waals surface area contributed by atoms with Crippen molar-refractivity contribution in [2.75, 3.05) is 12.1 Å². The first-order chi connectivity index (χ1) is 17.2.